The second-order valence-electron chi connectivity index (χ2n) is 6.10. The van der Waals surface area contributed by atoms with Gasteiger partial charge in [0.05, 0.1) is 6.20 Å². The maximum atomic E-state index is 12.2. The standard InChI is InChI=1S/C14H21N5O3/c20-9-10-2-1-5-18(6-10)13(21)8-19-7-12(16-17-19)15-14(22)11-3-4-11/h7,10-11,20H,1-6,8-9H2,(H,15,22). The number of aliphatic hydroxyl groups excluding tert-OH is 1. The summed E-state index contributed by atoms with van der Waals surface area (Å²) in [5, 5.41) is 19.7. The van der Waals surface area contributed by atoms with Crippen LogP contribution in [0, 0.1) is 11.8 Å². The lowest BCUT2D eigenvalue weighted by Gasteiger charge is -2.31. The zero-order valence-corrected chi connectivity index (χ0v) is 12.4. The molecule has 1 aromatic heterocycles. The van der Waals surface area contributed by atoms with Crippen LogP contribution < -0.4 is 5.32 Å². The second kappa shape index (κ2) is 6.43. The second-order valence-corrected chi connectivity index (χ2v) is 6.10. The van der Waals surface area contributed by atoms with E-state index in [1.165, 1.54) is 4.68 Å². The Labute approximate surface area is 128 Å². The third kappa shape index (κ3) is 3.62. The number of hydrogen-bond donors (Lipinski definition) is 2. The van der Waals surface area contributed by atoms with Crippen LogP contribution in [0.1, 0.15) is 25.7 Å². The number of hydrogen-bond acceptors (Lipinski definition) is 5. The number of likely N-dealkylation sites (tertiary alicyclic amines) is 1. The fraction of sp³-hybridized carbons (Fsp3) is 0.714. The summed E-state index contributed by atoms with van der Waals surface area (Å²) < 4.78 is 1.44. The molecule has 22 heavy (non-hydrogen) atoms. The zero-order valence-electron chi connectivity index (χ0n) is 12.4. The molecule has 2 amide bonds. The van der Waals surface area contributed by atoms with Gasteiger partial charge in [0.2, 0.25) is 11.8 Å². The minimum atomic E-state index is -0.0388. The van der Waals surface area contributed by atoms with Crippen molar-refractivity contribution in [2.75, 3.05) is 25.0 Å². The highest BCUT2D eigenvalue weighted by molar-refractivity contribution is 5.93. The van der Waals surface area contributed by atoms with Crippen LogP contribution in [0.2, 0.25) is 0 Å². The van der Waals surface area contributed by atoms with Gasteiger partial charge in [0, 0.05) is 25.6 Å². The minimum absolute atomic E-state index is 0.0276. The van der Waals surface area contributed by atoms with Gasteiger partial charge in [-0.3, -0.25) is 9.59 Å². The van der Waals surface area contributed by atoms with E-state index in [1.807, 2.05) is 0 Å². The number of carbonyl (C=O) groups excluding carboxylic acids is 2. The Bertz CT molecular complexity index is 554. The normalized spacial score (nSPS) is 21.7. The molecule has 1 aromatic rings. The summed E-state index contributed by atoms with van der Waals surface area (Å²) >= 11 is 0. The molecule has 0 aromatic carbocycles. The highest BCUT2D eigenvalue weighted by Gasteiger charge is 2.30. The minimum Gasteiger partial charge on any atom is -0.396 e. The van der Waals surface area contributed by atoms with Gasteiger partial charge in [-0.05, 0) is 31.6 Å². The van der Waals surface area contributed by atoms with Crippen molar-refractivity contribution >= 4 is 17.6 Å². The summed E-state index contributed by atoms with van der Waals surface area (Å²) in [5.74, 6) is 0.595. The van der Waals surface area contributed by atoms with E-state index in [4.69, 9.17) is 0 Å². The SMILES string of the molecule is O=C(Nc1cn(CC(=O)N2CCCC(CO)C2)nn1)C1CC1. The van der Waals surface area contributed by atoms with Crippen LogP contribution in [0.25, 0.3) is 0 Å². The molecule has 2 N–H and O–H groups in total. The maximum Gasteiger partial charge on any atom is 0.244 e. The van der Waals surface area contributed by atoms with Gasteiger partial charge in [-0.2, -0.15) is 0 Å². The number of aliphatic hydroxyl groups is 1. The molecule has 0 spiro atoms. The molecule has 1 atom stereocenters. The van der Waals surface area contributed by atoms with Crippen LogP contribution in [0.3, 0.4) is 0 Å². The molecular formula is C14H21N5O3. The number of carbonyl (C=O) groups is 2. The van der Waals surface area contributed by atoms with Crippen molar-refractivity contribution in [3.8, 4) is 0 Å². The smallest absolute Gasteiger partial charge is 0.244 e. The lowest BCUT2D eigenvalue weighted by Crippen LogP contribution is -2.42. The quantitative estimate of drug-likeness (QED) is 0.788. The average Bonchev–Trinajstić information content (AvgIpc) is 3.30. The third-order valence-electron chi connectivity index (χ3n) is 4.17. The zero-order chi connectivity index (χ0) is 15.5. The van der Waals surface area contributed by atoms with Crippen LogP contribution in [0.4, 0.5) is 5.82 Å². The Morgan fingerprint density at radius 2 is 2.18 bits per heavy atom. The predicted octanol–water partition coefficient (Wildman–Crippen LogP) is -0.143. The highest BCUT2D eigenvalue weighted by Crippen LogP contribution is 2.29. The van der Waals surface area contributed by atoms with Gasteiger partial charge in [-0.1, -0.05) is 5.21 Å². The third-order valence-corrected chi connectivity index (χ3v) is 4.17. The topological polar surface area (TPSA) is 100 Å². The Balaban J connectivity index is 1.52. The number of amides is 2. The van der Waals surface area contributed by atoms with E-state index < -0.39 is 0 Å². The Kier molecular flexibility index (Phi) is 4.37. The summed E-state index contributed by atoms with van der Waals surface area (Å²) in [6, 6.07) is 0. The van der Waals surface area contributed by atoms with E-state index in [9.17, 15) is 14.7 Å². The van der Waals surface area contributed by atoms with Crippen LogP contribution in [0.5, 0.6) is 0 Å². The molecule has 120 valence electrons. The van der Waals surface area contributed by atoms with E-state index in [0.717, 1.165) is 32.2 Å². The molecule has 2 fully saturated rings. The molecule has 1 aliphatic carbocycles. The first-order valence-electron chi connectivity index (χ1n) is 7.75. The first kappa shape index (κ1) is 15.0. The van der Waals surface area contributed by atoms with Crippen LogP contribution in [-0.2, 0) is 16.1 Å². The van der Waals surface area contributed by atoms with Crippen molar-refractivity contribution in [2.45, 2.75) is 32.2 Å². The lowest BCUT2D eigenvalue weighted by molar-refractivity contribution is -0.134. The van der Waals surface area contributed by atoms with E-state index in [1.54, 1.807) is 11.1 Å². The Morgan fingerprint density at radius 1 is 1.36 bits per heavy atom. The van der Waals surface area contributed by atoms with Crippen molar-refractivity contribution < 1.29 is 14.7 Å². The molecule has 0 radical (unpaired) electrons. The average molecular weight is 307 g/mol. The maximum absolute atomic E-state index is 12.2. The van der Waals surface area contributed by atoms with Gasteiger partial charge in [0.15, 0.2) is 5.82 Å². The monoisotopic (exact) mass is 307 g/mol. The van der Waals surface area contributed by atoms with E-state index in [-0.39, 0.29) is 36.8 Å². The molecule has 8 nitrogen and oxygen atoms in total. The van der Waals surface area contributed by atoms with E-state index in [2.05, 4.69) is 15.6 Å². The number of rotatable bonds is 5. The lowest BCUT2D eigenvalue weighted by atomic mass is 9.99. The number of nitrogens with zero attached hydrogens (tertiary/aromatic N) is 4. The number of aromatic nitrogens is 3. The molecule has 1 aliphatic heterocycles. The molecule has 8 heteroatoms. The fourth-order valence-electron chi connectivity index (χ4n) is 2.69. The van der Waals surface area contributed by atoms with Gasteiger partial charge in [0.25, 0.3) is 0 Å². The highest BCUT2D eigenvalue weighted by atomic mass is 16.3. The first-order valence-corrected chi connectivity index (χ1v) is 7.75. The van der Waals surface area contributed by atoms with Gasteiger partial charge in [-0.25, -0.2) is 4.68 Å². The van der Waals surface area contributed by atoms with E-state index >= 15 is 0 Å². The van der Waals surface area contributed by atoms with Crippen molar-refractivity contribution in [3.63, 3.8) is 0 Å². The van der Waals surface area contributed by atoms with Gasteiger partial charge >= 0.3 is 0 Å². The summed E-state index contributed by atoms with van der Waals surface area (Å²) in [5.41, 5.74) is 0. The molecule has 0 bridgehead atoms. The Hall–Kier alpha value is -1.96. The number of piperidine rings is 1. The van der Waals surface area contributed by atoms with Crippen molar-refractivity contribution in [2.24, 2.45) is 11.8 Å². The summed E-state index contributed by atoms with van der Waals surface area (Å²) in [6.45, 7) is 1.53. The molecule has 2 aliphatic rings. The summed E-state index contributed by atoms with van der Waals surface area (Å²) in [4.78, 5) is 25.6. The van der Waals surface area contributed by atoms with Crippen LogP contribution >= 0.6 is 0 Å². The van der Waals surface area contributed by atoms with Crippen molar-refractivity contribution in [1.82, 2.24) is 19.9 Å². The van der Waals surface area contributed by atoms with E-state index in [0.29, 0.717) is 12.4 Å². The fourth-order valence-corrected chi connectivity index (χ4v) is 2.69. The summed E-state index contributed by atoms with van der Waals surface area (Å²) in [6.07, 6.45) is 5.31. The largest absolute Gasteiger partial charge is 0.396 e. The van der Waals surface area contributed by atoms with Gasteiger partial charge in [0.1, 0.15) is 6.54 Å². The van der Waals surface area contributed by atoms with Crippen molar-refractivity contribution in [1.29, 1.82) is 0 Å². The molecule has 2 heterocycles. The number of anilines is 1. The molecule has 3 rings (SSSR count). The Morgan fingerprint density at radius 3 is 2.91 bits per heavy atom. The van der Waals surface area contributed by atoms with Crippen LogP contribution in [-0.4, -0.2) is 56.5 Å². The molecule has 1 unspecified atom stereocenters. The van der Waals surface area contributed by atoms with Crippen molar-refractivity contribution in [3.05, 3.63) is 6.20 Å². The van der Waals surface area contributed by atoms with Gasteiger partial charge < -0.3 is 15.3 Å². The van der Waals surface area contributed by atoms with Crippen LogP contribution in [0.15, 0.2) is 6.20 Å². The first-order chi connectivity index (χ1) is 10.7. The molecule has 1 saturated carbocycles. The molecular weight excluding hydrogens is 286 g/mol. The predicted molar refractivity (Wildman–Crippen MR) is 77.8 cm³/mol. The summed E-state index contributed by atoms with van der Waals surface area (Å²) in [7, 11) is 0. The van der Waals surface area contributed by atoms with Gasteiger partial charge in [-0.15, -0.1) is 5.10 Å². The molecule has 1 saturated heterocycles. The number of nitrogens with one attached hydrogen (secondary N) is 1.